The standard InChI is InChI=1S/C20H22ClN3O/c1-5-13(2)23-20(25)17(12-22)11-16-10-14(3)24(15(16)4)19-8-6-18(21)7-9-19/h6-11,13H,5H2,1-4H3,(H,23,25)/b17-11+/t13-/m0/s1. The Kier molecular flexibility index (Phi) is 6.06. The van der Waals surface area contributed by atoms with Crippen LogP contribution in [0.1, 0.15) is 37.2 Å². The molecule has 0 bridgehead atoms. The number of nitriles is 1. The topological polar surface area (TPSA) is 57.8 Å². The Morgan fingerprint density at radius 3 is 2.56 bits per heavy atom. The van der Waals surface area contributed by atoms with E-state index in [0.717, 1.165) is 29.1 Å². The molecule has 1 aromatic carbocycles. The molecule has 2 aromatic rings. The van der Waals surface area contributed by atoms with Crippen molar-refractivity contribution in [1.82, 2.24) is 9.88 Å². The van der Waals surface area contributed by atoms with Gasteiger partial charge in [-0.3, -0.25) is 4.79 Å². The van der Waals surface area contributed by atoms with Crippen LogP contribution in [0.5, 0.6) is 0 Å². The van der Waals surface area contributed by atoms with Crippen LogP contribution in [0.4, 0.5) is 0 Å². The van der Waals surface area contributed by atoms with Crippen molar-refractivity contribution < 1.29 is 4.79 Å². The van der Waals surface area contributed by atoms with Gasteiger partial charge in [0, 0.05) is 28.1 Å². The predicted molar refractivity (Wildman–Crippen MR) is 102 cm³/mol. The number of carbonyl (C=O) groups is 1. The fourth-order valence-electron chi connectivity index (χ4n) is 2.63. The van der Waals surface area contributed by atoms with E-state index >= 15 is 0 Å². The molecule has 0 saturated heterocycles. The molecular weight excluding hydrogens is 334 g/mol. The fourth-order valence-corrected chi connectivity index (χ4v) is 2.75. The average Bonchev–Trinajstić information content (AvgIpc) is 2.87. The average molecular weight is 356 g/mol. The molecule has 0 fully saturated rings. The van der Waals surface area contributed by atoms with E-state index in [1.54, 1.807) is 6.08 Å². The number of aromatic nitrogens is 1. The molecule has 2 rings (SSSR count). The second kappa shape index (κ2) is 8.04. The molecular formula is C20H22ClN3O. The highest BCUT2D eigenvalue weighted by molar-refractivity contribution is 6.30. The molecule has 25 heavy (non-hydrogen) atoms. The summed E-state index contributed by atoms with van der Waals surface area (Å²) >= 11 is 5.96. The molecule has 130 valence electrons. The molecule has 1 amide bonds. The quantitative estimate of drug-likeness (QED) is 0.631. The Balaban J connectivity index is 2.40. The van der Waals surface area contributed by atoms with E-state index in [2.05, 4.69) is 9.88 Å². The summed E-state index contributed by atoms with van der Waals surface area (Å²) in [5.74, 6) is -0.340. The minimum Gasteiger partial charge on any atom is -0.349 e. The van der Waals surface area contributed by atoms with Crippen LogP contribution in [0.15, 0.2) is 35.9 Å². The summed E-state index contributed by atoms with van der Waals surface area (Å²) in [6.45, 7) is 7.86. The number of carbonyl (C=O) groups excluding carboxylic acids is 1. The van der Waals surface area contributed by atoms with Crippen molar-refractivity contribution in [3.05, 3.63) is 57.9 Å². The van der Waals surface area contributed by atoms with E-state index in [9.17, 15) is 10.1 Å². The number of halogens is 1. The van der Waals surface area contributed by atoms with Crippen molar-refractivity contribution in [1.29, 1.82) is 5.26 Å². The van der Waals surface area contributed by atoms with Gasteiger partial charge in [-0.15, -0.1) is 0 Å². The highest BCUT2D eigenvalue weighted by atomic mass is 35.5. The molecule has 1 atom stereocenters. The molecule has 1 heterocycles. The highest BCUT2D eigenvalue weighted by Gasteiger charge is 2.14. The summed E-state index contributed by atoms with van der Waals surface area (Å²) < 4.78 is 2.07. The molecule has 0 radical (unpaired) electrons. The third-order valence-electron chi connectivity index (χ3n) is 4.21. The zero-order chi connectivity index (χ0) is 18.6. The lowest BCUT2D eigenvalue weighted by Crippen LogP contribution is -2.32. The van der Waals surface area contributed by atoms with Gasteiger partial charge >= 0.3 is 0 Å². The van der Waals surface area contributed by atoms with E-state index in [1.807, 2.05) is 64.1 Å². The molecule has 0 saturated carbocycles. The molecule has 1 aromatic heterocycles. The summed E-state index contributed by atoms with van der Waals surface area (Å²) in [6, 6.07) is 11.6. The number of hydrogen-bond donors (Lipinski definition) is 1. The zero-order valence-electron chi connectivity index (χ0n) is 14.9. The van der Waals surface area contributed by atoms with Crippen LogP contribution in [0, 0.1) is 25.2 Å². The SMILES string of the molecule is CC[C@H](C)NC(=O)/C(C#N)=C/c1cc(C)n(-c2ccc(Cl)cc2)c1C. The minimum absolute atomic E-state index is 0.0331. The monoisotopic (exact) mass is 355 g/mol. The van der Waals surface area contributed by atoms with Crippen LogP contribution < -0.4 is 5.32 Å². The second-order valence-electron chi connectivity index (χ2n) is 6.09. The number of nitrogens with one attached hydrogen (secondary N) is 1. The van der Waals surface area contributed by atoms with E-state index < -0.39 is 0 Å². The van der Waals surface area contributed by atoms with Crippen molar-refractivity contribution >= 4 is 23.6 Å². The summed E-state index contributed by atoms with van der Waals surface area (Å²) in [4.78, 5) is 12.2. The molecule has 0 aliphatic carbocycles. The second-order valence-corrected chi connectivity index (χ2v) is 6.53. The van der Waals surface area contributed by atoms with Gasteiger partial charge in [0.15, 0.2) is 0 Å². The normalized spacial score (nSPS) is 12.6. The van der Waals surface area contributed by atoms with Crippen molar-refractivity contribution in [2.75, 3.05) is 0 Å². The van der Waals surface area contributed by atoms with Crippen LogP contribution in [-0.2, 0) is 4.79 Å². The van der Waals surface area contributed by atoms with Gasteiger partial charge in [0.2, 0.25) is 0 Å². The first-order chi connectivity index (χ1) is 11.9. The Labute approximate surface area is 153 Å². The first-order valence-corrected chi connectivity index (χ1v) is 8.62. The van der Waals surface area contributed by atoms with Crippen LogP contribution in [0.2, 0.25) is 5.02 Å². The first kappa shape index (κ1) is 18.8. The Morgan fingerprint density at radius 2 is 2.00 bits per heavy atom. The number of benzene rings is 1. The van der Waals surface area contributed by atoms with Crippen LogP contribution in [0.25, 0.3) is 11.8 Å². The van der Waals surface area contributed by atoms with Crippen molar-refractivity contribution in [3.8, 4) is 11.8 Å². The van der Waals surface area contributed by atoms with Crippen LogP contribution >= 0.6 is 11.6 Å². The number of nitrogens with zero attached hydrogens (tertiary/aromatic N) is 2. The maximum Gasteiger partial charge on any atom is 0.262 e. The highest BCUT2D eigenvalue weighted by Crippen LogP contribution is 2.24. The largest absolute Gasteiger partial charge is 0.349 e. The summed E-state index contributed by atoms with van der Waals surface area (Å²) in [5, 5.41) is 12.9. The molecule has 0 spiro atoms. The molecule has 0 aliphatic rings. The van der Waals surface area contributed by atoms with Gasteiger partial charge in [-0.05, 0) is 69.2 Å². The van der Waals surface area contributed by atoms with E-state index in [0.29, 0.717) is 5.02 Å². The lowest BCUT2D eigenvalue weighted by molar-refractivity contribution is -0.117. The van der Waals surface area contributed by atoms with Crippen molar-refractivity contribution in [3.63, 3.8) is 0 Å². The zero-order valence-corrected chi connectivity index (χ0v) is 15.7. The van der Waals surface area contributed by atoms with Crippen molar-refractivity contribution in [2.24, 2.45) is 0 Å². The molecule has 1 N–H and O–H groups in total. The van der Waals surface area contributed by atoms with Gasteiger partial charge in [0.1, 0.15) is 11.6 Å². The van der Waals surface area contributed by atoms with E-state index in [4.69, 9.17) is 11.6 Å². The van der Waals surface area contributed by atoms with Crippen molar-refractivity contribution in [2.45, 2.75) is 40.2 Å². The fraction of sp³-hybridized carbons (Fsp3) is 0.300. The summed E-state index contributed by atoms with van der Waals surface area (Å²) in [6.07, 6.45) is 2.46. The molecule has 0 unspecified atom stereocenters. The first-order valence-electron chi connectivity index (χ1n) is 8.24. The third kappa shape index (κ3) is 4.32. The Hall–Kier alpha value is -2.51. The Bertz CT molecular complexity index is 841. The van der Waals surface area contributed by atoms with Gasteiger partial charge in [-0.25, -0.2) is 0 Å². The van der Waals surface area contributed by atoms with Gasteiger partial charge < -0.3 is 9.88 Å². The number of hydrogen-bond acceptors (Lipinski definition) is 2. The maximum atomic E-state index is 12.2. The maximum absolute atomic E-state index is 12.2. The van der Waals surface area contributed by atoms with Gasteiger partial charge in [0.05, 0.1) is 0 Å². The summed E-state index contributed by atoms with van der Waals surface area (Å²) in [7, 11) is 0. The van der Waals surface area contributed by atoms with E-state index in [-0.39, 0.29) is 17.5 Å². The van der Waals surface area contributed by atoms with Gasteiger partial charge in [0.25, 0.3) is 5.91 Å². The Morgan fingerprint density at radius 1 is 1.36 bits per heavy atom. The van der Waals surface area contributed by atoms with E-state index in [1.165, 1.54) is 0 Å². The number of rotatable bonds is 5. The smallest absolute Gasteiger partial charge is 0.262 e. The minimum atomic E-state index is -0.340. The third-order valence-corrected chi connectivity index (χ3v) is 4.46. The molecule has 0 aliphatic heterocycles. The lowest BCUT2D eigenvalue weighted by Gasteiger charge is -2.11. The summed E-state index contributed by atoms with van der Waals surface area (Å²) in [5.41, 5.74) is 3.93. The van der Waals surface area contributed by atoms with Gasteiger partial charge in [-0.2, -0.15) is 5.26 Å². The van der Waals surface area contributed by atoms with Gasteiger partial charge in [-0.1, -0.05) is 18.5 Å². The van der Waals surface area contributed by atoms with Crippen LogP contribution in [-0.4, -0.2) is 16.5 Å². The molecule has 4 nitrogen and oxygen atoms in total. The number of aryl methyl sites for hydroxylation is 1. The predicted octanol–water partition coefficient (Wildman–Crippen LogP) is 4.57. The molecule has 5 heteroatoms. The number of amides is 1. The van der Waals surface area contributed by atoms with Crippen LogP contribution in [0.3, 0.4) is 0 Å². The lowest BCUT2D eigenvalue weighted by atomic mass is 10.1.